The van der Waals surface area contributed by atoms with Crippen molar-refractivity contribution in [2.45, 2.75) is 20.0 Å². The second-order valence-electron chi connectivity index (χ2n) is 6.19. The maximum Gasteiger partial charge on any atom is 0.263 e. The Morgan fingerprint density at radius 3 is 2.64 bits per heavy atom. The zero-order valence-electron chi connectivity index (χ0n) is 14.5. The molecular weight excluding hydrogens is 338 g/mol. The number of hydrogen-bond acceptors (Lipinski definition) is 4. The zero-order valence-corrected chi connectivity index (χ0v) is 15.2. The van der Waals surface area contributed by atoms with Gasteiger partial charge in [0.1, 0.15) is 11.6 Å². The first-order chi connectivity index (χ1) is 12.0. The number of aryl methyl sites for hydroxylation is 1. The molecule has 1 amide bonds. The Hall–Kier alpha value is -2.27. The van der Waals surface area contributed by atoms with Gasteiger partial charge in [-0.05, 0) is 43.7 Å². The third-order valence-corrected chi connectivity index (χ3v) is 4.62. The van der Waals surface area contributed by atoms with Gasteiger partial charge < -0.3 is 14.5 Å². The molecule has 3 rings (SSSR count). The van der Waals surface area contributed by atoms with Gasteiger partial charge in [0.15, 0.2) is 6.10 Å². The monoisotopic (exact) mass is 359 g/mol. The number of piperazine rings is 1. The Balaban J connectivity index is 1.57. The first-order valence-electron chi connectivity index (χ1n) is 8.42. The molecule has 1 aliphatic rings. The highest BCUT2D eigenvalue weighted by molar-refractivity contribution is 6.32. The molecule has 1 fully saturated rings. The van der Waals surface area contributed by atoms with Gasteiger partial charge in [-0.15, -0.1) is 0 Å². The Morgan fingerprint density at radius 1 is 1.20 bits per heavy atom. The van der Waals surface area contributed by atoms with E-state index in [1.807, 2.05) is 42.2 Å². The number of ether oxygens (including phenoxy) is 1. The molecule has 1 atom stereocenters. The van der Waals surface area contributed by atoms with Crippen molar-refractivity contribution in [3.8, 4) is 5.75 Å². The summed E-state index contributed by atoms with van der Waals surface area (Å²) in [5, 5.41) is 0.519. The lowest BCUT2D eigenvalue weighted by Crippen LogP contribution is -2.52. The third-order valence-electron chi connectivity index (χ3n) is 4.30. The quantitative estimate of drug-likeness (QED) is 0.841. The molecule has 2 aromatic rings. The molecule has 6 heteroatoms. The summed E-state index contributed by atoms with van der Waals surface area (Å²) in [6, 6.07) is 11.4. The van der Waals surface area contributed by atoms with Crippen LogP contribution >= 0.6 is 11.6 Å². The van der Waals surface area contributed by atoms with Crippen LogP contribution in [0.2, 0.25) is 5.02 Å². The average molecular weight is 360 g/mol. The molecule has 2 heterocycles. The van der Waals surface area contributed by atoms with Gasteiger partial charge in [0, 0.05) is 32.4 Å². The van der Waals surface area contributed by atoms with E-state index in [0.717, 1.165) is 24.5 Å². The lowest BCUT2D eigenvalue weighted by Gasteiger charge is -2.36. The summed E-state index contributed by atoms with van der Waals surface area (Å²) in [5.41, 5.74) is 1.04. The minimum Gasteiger partial charge on any atom is -0.479 e. The van der Waals surface area contributed by atoms with Crippen molar-refractivity contribution in [2.24, 2.45) is 0 Å². The summed E-state index contributed by atoms with van der Waals surface area (Å²) in [4.78, 5) is 21.1. The number of rotatable bonds is 4. The van der Waals surface area contributed by atoms with Crippen LogP contribution in [0.25, 0.3) is 0 Å². The number of carbonyl (C=O) groups excluding carboxylic acids is 1. The minimum absolute atomic E-state index is 0.0155. The summed E-state index contributed by atoms with van der Waals surface area (Å²) in [7, 11) is 0. The van der Waals surface area contributed by atoms with E-state index in [-0.39, 0.29) is 5.91 Å². The average Bonchev–Trinajstić information content (AvgIpc) is 2.65. The van der Waals surface area contributed by atoms with Gasteiger partial charge in [-0.1, -0.05) is 23.7 Å². The number of anilines is 1. The summed E-state index contributed by atoms with van der Waals surface area (Å²) < 4.78 is 5.80. The lowest BCUT2D eigenvalue weighted by atomic mass is 10.2. The van der Waals surface area contributed by atoms with E-state index < -0.39 is 6.10 Å². The number of benzene rings is 1. The highest BCUT2D eigenvalue weighted by Crippen LogP contribution is 2.26. The fourth-order valence-electron chi connectivity index (χ4n) is 2.90. The number of pyridine rings is 1. The van der Waals surface area contributed by atoms with Crippen molar-refractivity contribution in [2.75, 3.05) is 31.1 Å². The van der Waals surface area contributed by atoms with E-state index in [1.165, 1.54) is 0 Å². The zero-order chi connectivity index (χ0) is 17.8. The number of hydrogen-bond donors (Lipinski definition) is 0. The predicted octanol–water partition coefficient (Wildman–Crippen LogP) is 3.16. The van der Waals surface area contributed by atoms with Crippen molar-refractivity contribution in [3.63, 3.8) is 0 Å². The van der Waals surface area contributed by atoms with Crippen LogP contribution in [0.4, 0.5) is 5.82 Å². The maximum atomic E-state index is 12.7. The van der Waals surface area contributed by atoms with E-state index >= 15 is 0 Å². The molecule has 5 nitrogen and oxygen atoms in total. The van der Waals surface area contributed by atoms with Crippen LogP contribution in [0.3, 0.4) is 0 Å². The van der Waals surface area contributed by atoms with Gasteiger partial charge in [0.05, 0.1) is 5.02 Å². The van der Waals surface area contributed by atoms with E-state index in [4.69, 9.17) is 16.3 Å². The molecule has 1 aliphatic heterocycles. The van der Waals surface area contributed by atoms with Crippen LogP contribution in [0.15, 0.2) is 42.6 Å². The predicted molar refractivity (Wildman–Crippen MR) is 99.3 cm³/mol. The van der Waals surface area contributed by atoms with Crippen molar-refractivity contribution in [1.29, 1.82) is 0 Å². The topological polar surface area (TPSA) is 45.7 Å². The van der Waals surface area contributed by atoms with Crippen molar-refractivity contribution in [3.05, 3.63) is 53.2 Å². The third kappa shape index (κ3) is 4.23. The molecule has 0 spiro atoms. The standard InChI is InChI=1S/C19H22ClN3O2/c1-14-6-7-16(20)17(13-14)25-15(2)19(24)23-11-9-22(10-12-23)18-5-3-4-8-21-18/h3-8,13,15H,9-12H2,1-2H3. The second kappa shape index (κ2) is 7.74. The molecule has 0 saturated carbocycles. The largest absolute Gasteiger partial charge is 0.479 e. The number of nitrogens with zero attached hydrogens (tertiary/aromatic N) is 3. The molecule has 0 aliphatic carbocycles. The van der Waals surface area contributed by atoms with Crippen molar-refractivity contribution in [1.82, 2.24) is 9.88 Å². The molecule has 132 valence electrons. The smallest absolute Gasteiger partial charge is 0.263 e. The van der Waals surface area contributed by atoms with Crippen molar-refractivity contribution < 1.29 is 9.53 Å². The highest BCUT2D eigenvalue weighted by Gasteiger charge is 2.26. The summed E-state index contributed by atoms with van der Waals surface area (Å²) >= 11 is 6.15. The SMILES string of the molecule is Cc1ccc(Cl)c(OC(C)C(=O)N2CCN(c3ccccn3)CC2)c1. The number of amides is 1. The van der Waals surface area contributed by atoms with Crippen LogP contribution in [0.5, 0.6) is 5.75 Å². The van der Waals surface area contributed by atoms with Crippen LogP contribution < -0.4 is 9.64 Å². The number of halogens is 1. The molecule has 25 heavy (non-hydrogen) atoms. The molecule has 0 N–H and O–H groups in total. The summed E-state index contributed by atoms with van der Waals surface area (Å²) in [6.07, 6.45) is 1.22. The van der Waals surface area contributed by atoms with Gasteiger partial charge in [0.2, 0.25) is 0 Å². The van der Waals surface area contributed by atoms with Crippen LogP contribution in [-0.4, -0.2) is 48.1 Å². The molecule has 0 bridgehead atoms. The van der Waals surface area contributed by atoms with Gasteiger partial charge in [-0.2, -0.15) is 0 Å². The maximum absolute atomic E-state index is 12.7. The first-order valence-corrected chi connectivity index (χ1v) is 8.80. The Kier molecular flexibility index (Phi) is 5.43. The molecule has 1 aromatic heterocycles. The Morgan fingerprint density at radius 2 is 1.96 bits per heavy atom. The minimum atomic E-state index is -0.569. The Labute approximate surface area is 153 Å². The Bertz CT molecular complexity index is 731. The van der Waals surface area contributed by atoms with E-state index in [1.54, 1.807) is 19.2 Å². The molecule has 1 saturated heterocycles. The van der Waals surface area contributed by atoms with Crippen molar-refractivity contribution >= 4 is 23.3 Å². The second-order valence-corrected chi connectivity index (χ2v) is 6.60. The van der Waals surface area contributed by atoms with Gasteiger partial charge in [0.25, 0.3) is 5.91 Å². The fraction of sp³-hybridized carbons (Fsp3) is 0.368. The number of aromatic nitrogens is 1. The van der Waals surface area contributed by atoms with Crippen LogP contribution in [-0.2, 0) is 4.79 Å². The summed E-state index contributed by atoms with van der Waals surface area (Å²) in [5.74, 6) is 1.48. The number of carbonyl (C=O) groups is 1. The highest BCUT2D eigenvalue weighted by atomic mass is 35.5. The summed E-state index contributed by atoms with van der Waals surface area (Å²) in [6.45, 7) is 6.58. The molecule has 1 aromatic carbocycles. The first kappa shape index (κ1) is 17.5. The van der Waals surface area contributed by atoms with E-state index in [9.17, 15) is 4.79 Å². The molecule has 1 unspecified atom stereocenters. The molecular formula is C19H22ClN3O2. The van der Waals surface area contributed by atoms with Gasteiger partial charge in [-0.25, -0.2) is 4.98 Å². The molecule has 0 radical (unpaired) electrons. The van der Waals surface area contributed by atoms with Gasteiger partial charge >= 0.3 is 0 Å². The van der Waals surface area contributed by atoms with Crippen LogP contribution in [0.1, 0.15) is 12.5 Å². The van der Waals surface area contributed by atoms with Gasteiger partial charge in [-0.3, -0.25) is 4.79 Å². The van der Waals surface area contributed by atoms with E-state index in [0.29, 0.717) is 23.9 Å². The normalized spacial score (nSPS) is 15.8. The lowest BCUT2D eigenvalue weighted by molar-refractivity contribution is -0.138. The fourth-order valence-corrected chi connectivity index (χ4v) is 3.06. The van der Waals surface area contributed by atoms with Crippen LogP contribution in [0, 0.1) is 6.92 Å². The van der Waals surface area contributed by atoms with E-state index in [2.05, 4.69) is 9.88 Å².